The highest BCUT2D eigenvalue weighted by atomic mass is 16.6. The van der Waals surface area contributed by atoms with Crippen LogP contribution in [0.1, 0.15) is 72.6 Å². The van der Waals surface area contributed by atoms with Gasteiger partial charge in [0.25, 0.3) is 0 Å². The smallest absolute Gasteiger partial charge is 0.410 e. The normalized spacial score (nSPS) is 23.0. The van der Waals surface area contributed by atoms with Gasteiger partial charge in [0, 0.05) is 19.6 Å². The lowest BCUT2D eigenvalue weighted by Gasteiger charge is -2.25. The fourth-order valence-corrected chi connectivity index (χ4v) is 3.04. The number of hydrogen-bond acceptors (Lipinski definition) is 3. The number of rotatable bonds is 6. The minimum absolute atomic E-state index is 0.229. The van der Waals surface area contributed by atoms with E-state index < -0.39 is 5.60 Å². The minimum atomic E-state index is -0.417. The average molecular weight is 312 g/mol. The number of ether oxygens (including phenoxy) is 1. The summed E-state index contributed by atoms with van der Waals surface area (Å²) in [6.45, 7) is 9.73. The second-order valence-corrected chi connectivity index (χ2v) is 7.69. The first-order valence-electron chi connectivity index (χ1n) is 8.99. The SMILES string of the molecule is CCC1CCCC(NCCCN(C)C(=O)OC(C)(C)C)CC1. The molecule has 0 saturated heterocycles. The molecule has 0 aliphatic heterocycles. The zero-order valence-corrected chi connectivity index (χ0v) is 15.3. The van der Waals surface area contributed by atoms with Gasteiger partial charge in [-0.2, -0.15) is 0 Å². The van der Waals surface area contributed by atoms with Gasteiger partial charge in [0.2, 0.25) is 0 Å². The van der Waals surface area contributed by atoms with Crippen molar-refractivity contribution in [1.82, 2.24) is 10.2 Å². The Kier molecular flexibility index (Phi) is 8.23. The van der Waals surface area contributed by atoms with E-state index in [4.69, 9.17) is 4.74 Å². The molecule has 1 aliphatic carbocycles. The molecule has 2 unspecified atom stereocenters. The second kappa shape index (κ2) is 9.39. The molecule has 0 heterocycles. The van der Waals surface area contributed by atoms with E-state index in [1.54, 1.807) is 4.90 Å². The molecule has 0 spiro atoms. The van der Waals surface area contributed by atoms with E-state index in [0.29, 0.717) is 6.04 Å². The maximum Gasteiger partial charge on any atom is 0.410 e. The molecule has 1 rings (SSSR count). The summed E-state index contributed by atoms with van der Waals surface area (Å²) < 4.78 is 5.35. The molecule has 1 amide bonds. The number of nitrogens with one attached hydrogen (secondary N) is 1. The van der Waals surface area contributed by atoms with Crippen molar-refractivity contribution in [2.45, 2.75) is 84.3 Å². The maximum atomic E-state index is 11.9. The van der Waals surface area contributed by atoms with Gasteiger partial charge < -0.3 is 15.0 Å². The summed E-state index contributed by atoms with van der Waals surface area (Å²) in [6.07, 6.45) is 8.80. The van der Waals surface area contributed by atoms with Gasteiger partial charge in [0.15, 0.2) is 0 Å². The highest BCUT2D eigenvalue weighted by Crippen LogP contribution is 2.25. The molecule has 1 saturated carbocycles. The lowest BCUT2D eigenvalue weighted by atomic mass is 9.98. The van der Waals surface area contributed by atoms with Crippen LogP contribution in [0.2, 0.25) is 0 Å². The molecule has 1 N–H and O–H groups in total. The first kappa shape index (κ1) is 19.3. The predicted octanol–water partition coefficient (Wildman–Crippen LogP) is 4.19. The van der Waals surface area contributed by atoms with E-state index in [0.717, 1.165) is 25.4 Å². The van der Waals surface area contributed by atoms with Crippen LogP contribution < -0.4 is 5.32 Å². The van der Waals surface area contributed by atoms with Crippen molar-refractivity contribution < 1.29 is 9.53 Å². The lowest BCUT2D eigenvalue weighted by Crippen LogP contribution is -2.36. The summed E-state index contributed by atoms with van der Waals surface area (Å²) in [7, 11) is 1.81. The van der Waals surface area contributed by atoms with Crippen molar-refractivity contribution in [2.75, 3.05) is 20.1 Å². The van der Waals surface area contributed by atoms with Crippen molar-refractivity contribution >= 4 is 6.09 Å². The summed E-state index contributed by atoms with van der Waals surface area (Å²) in [5.41, 5.74) is -0.417. The summed E-state index contributed by atoms with van der Waals surface area (Å²) in [6, 6.07) is 0.670. The molecule has 0 radical (unpaired) electrons. The zero-order valence-electron chi connectivity index (χ0n) is 15.3. The van der Waals surface area contributed by atoms with Crippen LogP contribution in [-0.2, 0) is 4.74 Å². The second-order valence-electron chi connectivity index (χ2n) is 7.69. The van der Waals surface area contributed by atoms with Crippen molar-refractivity contribution in [3.63, 3.8) is 0 Å². The third-order valence-corrected chi connectivity index (χ3v) is 4.47. The van der Waals surface area contributed by atoms with Gasteiger partial charge in [0.1, 0.15) is 5.60 Å². The largest absolute Gasteiger partial charge is 0.444 e. The molecule has 4 nitrogen and oxygen atoms in total. The fourth-order valence-electron chi connectivity index (χ4n) is 3.04. The molecule has 0 aromatic heterocycles. The lowest BCUT2D eigenvalue weighted by molar-refractivity contribution is 0.0297. The summed E-state index contributed by atoms with van der Waals surface area (Å²) in [5, 5.41) is 3.67. The molecule has 22 heavy (non-hydrogen) atoms. The summed E-state index contributed by atoms with van der Waals surface area (Å²) in [4.78, 5) is 13.5. The first-order chi connectivity index (χ1) is 10.3. The van der Waals surface area contributed by atoms with E-state index >= 15 is 0 Å². The van der Waals surface area contributed by atoms with Crippen LogP contribution in [0.4, 0.5) is 4.79 Å². The number of amides is 1. The van der Waals surface area contributed by atoms with Crippen LogP contribution in [0, 0.1) is 5.92 Å². The van der Waals surface area contributed by atoms with E-state index in [1.807, 2.05) is 27.8 Å². The Morgan fingerprint density at radius 2 is 1.95 bits per heavy atom. The molecule has 4 heteroatoms. The zero-order chi connectivity index (χ0) is 16.6. The maximum absolute atomic E-state index is 11.9. The van der Waals surface area contributed by atoms with E-state index in [1.165, 1.54) is 38.5 Å². The Hall–Kier alpha value is -0.770. The van der Waals surface area contributed by atoms with E-state index in [9.17, 15) is 4.79 Å². The number of carbonyl (C=O) groups is 1. The number of hydrogen-bond donors (Lipinski definition) is 1. The number of carbonyl (C=O) groups excluding carboxylic acids is 1. The summed E-state index contributed by atoms with van der Waals surface area (Å²) in [5.74, 6) is 0.935. The van der Waals surface area contributed by atoms with Gasteiger partial charge in [0.05, 0.1) is 0 Å². The number of nitrogens with zero attached hydrogens (tertiary/aromatic N) is 1. The van der Waals surface area contributed by atoms with Crippen LogP contribution >= 0.6 is 0 Å². The standard InChI is InChI=1S/C18H36N2O2/c1-6-15-9-7-10-16(12-11-15)19-13-8-14-20(5)17(21)22-18(2,3)4/h15-16,19H,6-14H2,1-5H3. The Labute approximate surface area is 137 Å². The van der Waals surface area contributed by atoms with Crippen LogP contribution in [0.5, 0.6) is 0 Å². The predicted molar refractivity (Wildman–Crippen MR) is 92.1 cm³/mol. The van der Waals surface area contributed by atoms with Gasteiger partial charge in [-0.1, -0.05) is 26.2 Å². The quantitative estimate of drug-likeness (QED) is 0.590. The molecular formula is C18H36N2O2. The highest BCUT2D eigenvalue weighted by molar-refractivity contribution is 5.67. The molecule has 0 aromatic rings. The van der Waals surface area contributed by atoms with Crippen molar-refractivity contribution in [3.05, 3.63) is 0 Å². The Morgan fingerprint density at radius 1 is 1.23 bits per heavy atom. The van der Waals surface area contributed by atoms with E-state index in [-0.39, 0.29) is 6.09 Å². The molecule has 1 fully saturated rings. The minimum Gasteiger partial charge on any atom is -0.444 e. The molecule has 2 atom stereocenters. The van der Waals surface area contributed by atoms with Crippen molar-refractivity contribution in [3.8, 4) is 0 Å². The summed E-state index contributed by atoms with van der Waals surface area (Å²) >= 11 is 0. The molecule has 1 aliphatic rings. The monoisotopic (exact) mass is 312 g/mol. The molecular weight excluding hydrogens is 276 g/mol. The van der Waals surface area contributed by atoms with Crippen LogP contribution in [-0.4, -0.2) is 42.8 Å². The average Bonchev–Trinajstić information content (AvgIpc) is 2.66. The van der Waals surface area contributed by atoms with Gasteiger partial charge in [-0.05, 0) is 58.9 Å². The first-order valence-corrected chi connectivity index (χ1v) is 8.99. The van der Waals surface area contributed by atoms with Gasteiger partial charge in [-0.3, -0.25) is 0 Å². The van der Waals surface area contributed by atoms with Crippen LogP contribution in [0.15, 0.2) is 0 Å². The van der Waals surface area contributed by atoms with Crippen LogP contribution in [0.25, 0.3) is 0 Å². The van der Waals surface area contributed by atoms with Gasteiger partial charge in [-0.25, -0.2) is 4.79 Å². The molecule has 0 aromatic carbocycles. The molecule has 130 valence electrons. The van der Waals surface area contributed by atoms with Gasteiger partial charge in [-0.15, -0.1) is 0 Å². The van der Waals surface area contributed by atoms with Crippen molar-refractivity contribution in [1.29, 1.82) is 0 Å². The van der Waals surface area contributed by atoms with Crippen LogP contribution in [0.3, 0.4) is 0 Å². The van der Waals surface area contributed by atoms with Gasteiger partial charge >= 0.3 is 6.09 Å². The third kappa shape index (κ3) is 8.02. The Bertz CT molecular complexity index is 326. The third-order valence-electron chi connectivity index (χ3n) is 4.47. The van der Waals surface area contributed by atoms with Crippen molar-refractivity contribution in [2.24, 2.45) is 5.92 Å². The topological polar surface area (TPSA) is 41.6 Å². The fraction of sp³-hybridized carbons (Fsp3) is 0.944. The Morgan fingerprint density at radius 3 is 2.59 bits per heavy atom. The Balaban J connectivity index is 2.15. The van der Waals surface area contributed by atoms with E-state index in [2.05, 4.69) is 12.2 Å². The molecule has 0 bridgehead atoms. The highest BCUT2D eigenvalue weighted by Gasteiger charge is 2.20.